The Hall–Kier alpha value is -1.48. The van der Waals surface area contributed by atoms with Crippen molar-refractivity contribution >= 4 is 28.5 Å². The summed E-state index contributed by atoms with van der Waals surface area (Å²) in [6.45, 7) is 5.39. The molecule has 2 N–H and O–H groups in total. The van der Waals surface area contributed by atoms with E-state index in [9.17, 15) is 4.79 Å². The van der Waals surface area contributed by atoms with Crippen molar-refractivity contribution < 1.29 is 9.90 Å². The van der Waals surface area contributed by atoms with E-state index < -0.39 is 11.4 Å². The van der Waals surface area contributed by atoms with Gasteiger partial charge in [-0.2, -0.15) is 0 Å². The molecule has 0 amide bonds. The second kappa shape index (κ2) is 4.32. The van der Waals surface area contributed by atoms with Gasteiger partial charge < -0.3 is 10.1 Å². The van der Waals surface area contributed by atoms with Crippen molar-refractivity contribution in [3.63, 3.8) is 0 Å². The molecule has 0 atom stereocenters. The number of hydrogen-bond donors (Lipinski definition) is 2. The molecule has 0 saturated carbocycles. The highest BCUT2D eigenvalue weighted by molar-refractivity contribution is 6.32. The Balaban J connectivity index is 2.45. The van der Waals surface area contributed by atoms with Gasteiger partial charge >= 0.3 is 5.97 Å². The van der Waals surface area contributed by atoms with Crippen molar-refractivity contribution in [2.24, 2.45) is 5.41 Å². The number of benzene rings is 1. The number of aromatic amines is 1. The zero-order valence-corrected chi connectivity index (χ0v) is 11.4. The number of aryl methyl sites for hydroxylation is 1. The summed E-state index contributed by atoms with van der Waals surface area (Å²) in [5.74, 6) is -0.818. The van der Waals surface area contributed by atoms with E-state index in [0.717, 1.165) is 22.2 Å². The number of nitrogens with one attached hydrogen (secondary N) is 1. The largest absolute Gasteiger partial charge is 0.481 e. The van der Waals surface area contributed by atoms with Crippen LogP contribution < -0.4 is 0 Å². The maximum Gasteiger partial charge on any atom is 0.309 e. The van der Waals surface area contributed by atoms with Gasteiger partial charge in [-0.15, -0.1) is 0 Å². The molecule has 1 aromatic heterocycles. The maximum absolute atomic E-state index is 11.2. The highest BCUT2D eigenvalue weighted by Gasteiger charge is 2.28. The average molecular weight is 266 g/mol. The zero-order chi connectivity index (χ0) is 13.5. The molecule has 0 unspecified atom stereocenters. The van der Waals surface area contributed by atoms with E-state index in [2.05, 4.69) is 4.98 Å². The normalized spacial score (nSPS) is 12.0. The van der Waals surface area contributed by atoms with E-state index >= 15 is 0 Å². The molecule has 0 saturated heterocycles. The molecule has 2 rings (SSSR count). The van der Waals surface area contributed by atoms with Crippen molar-refractivity contribution in [3.05, 3.63) is 34.5 Å². The highest BCUT2D eigenvalue weighted by atomic mass is 35.5. The lowest BCUT2D eigenvalue weighted by Gasteiger charge is -2.19. The van der Waals surface area contributed by atoms with Crippen LogP contribution in [0.2, 0.25) is 5.02 Å². The van der Waals surface area contributed by atoms with E-state index in [1.807, 2.05) is 25.1 Å². The minimum absolute atomic E-state index is 0.412. The van der Waals surface area contributed by atoms with Gasteiger partial charge in [0.1, 0.15) is 0 Å². The number of carboxylic acid groups (broad SMARTS) is 1. The summed E-state index contributed by atoms with van der Waals surface area (Å²) in [5.41, 5.74) is 2.10. The van der Waals surface area contributed by atoms with Gasteiger partial charge in [0, 0.05) is 21.6 Å². The van der Waals surface area contributed by atoms with Gasteiger partial charge in [-0.05, 0) is 51.0 Å². The molecule has 0 bridgehead atoms. The van der Waals surface area contributed by atoms with Gasteiger partial charge in [0.25, 0.3) is 0 Å². The number of carbonyl (C=O) groups is 1. The van der Waals surface area contributed by atoms with Crippen LogP contribution in [0.3, 0.4) is 0 Å². The third-order valence-electron chi connectivity index (χ3n) is 3.13. The molecule has 2 aromatic rings. The minimum Gasteiger partial charge on any atom is -0.481 e. The monoisotopic (exact) mass is 265 g/mol. The molecule has 0 fully saturated rings. The summed E-state index contributed by atoms with van der Waals surface area (Å²) in [6, 6.07) is 5.84. The summed E-state index contributed by atoms with van der Waals surface area (Å²) in [5, 5.41) is 10.8. The molecule has 3 nitrogen and oxygen atoms in total. The van der Waals surface area contributed by atoms with E-state index in [4.69, 9.17) is 16.7 Å². The van der Waals surface area contributed by atoms with E-state index in [1.54, 1.807) is 13.8 Å². The smallest absolute Gasteiger partial charge is 0.309 e. The lowest BCUT2D eigenvalue weighted by molar-refractivity contribution is -0.146. The van der Waals surface area contributed by atoms with Gasteiger partial charge in [-0.25, -0.2) is 0 Å². The number of aromatic nitrogens is 1. The van der Waals surface area contributed by atoms with Crippen LogP contribution in [-0.4, -0.2) is 16.1 Å². The first-order chi connectivity index (χ1) is 8.29. The lowest BCUT2D eigenvalue weighted by atomic mass is 9.86. The average Bonchev–Trinajstić information content (AvgIpc) is 2.57. The quantitative estimate of drug-likeness (QED) is 0.887. The first kappa shape index (κ1) is 13.0. The zero-order valence-electron chi connectivity index (χ0n) is 10.7. The maximum atomic E-state index is 11.2. The standard InChI is InChI=1S/C14H16ClNO2/c1-8-4-9-5-11(15)10(6-12(9)16-8)7-14(2,3)13(17)18/h4-6,16H,7H2,1-3H3,(H,17,18). The topological polar surface area (TPSA) is 53.1 Å². The first-order valence-corrected chi connectivity index (χ1v) is 6.18. The van der Waals surface area contributed by atoms with Crippen LogP contribution in [0.1, 0.15) is 25.1 Å². The van der Waals surface area contributed by atoms with Crippen LogP contribution in [0.5, 0.6) is 0 Å². The van der Waals surface area contributed by atoms with Gasteiger partial charge in [0.05, 0.1) is 5.41 Å². The molecule has 0 aliphatic heterocycles. The number of hydrogen-bond acceptors (Lipinski definition) is 1. The number of aliphatic carboxylic acids is 1. The van der Waals surface area contributed by atoms with E-state index in [0.29, 0.717) is 11.4 Å². The molecular weight excluding hydrogens is 250 g/mol. The van der Waals surface area contributed by atoms with Crippen molar-refractivity contribution in [2.45, 2.75) is 27.2 Å². The van der Waals surface area contributed by atoms with Crippen molar-refractivity contribution in [1.29, 1.82) is 0 Å². The molecule has 0 aliphatic carbocycles. The van der Waals surface area contributed by atoms with Crippen LogP contribution in [0, 0.1) is 12.3 Å². The van der Waals surface area contributed by atoms with Crippen molar-refractivity contribution in [1.82, 2.24) is 4.98 Å². The molecular formula is C14H16ClNO2. The fourth-order valence-electron chi connectivity index (χ4n) is 2.03. The molecule has 18 heavy (non-hydrogen) atoms. The Morgan fingerprint density at radius 2 is 2.06 bits per heavy atom. The molecule has 96 valence electrons. The minimum atomic E-state index is -0.820. The van der Waals surface area contributed by atoms with Gasteiger partial charge in [0.2, 0.25) is 0 Å². The predicted molar refractivity (Wildman–Crippen MR) is 73.2 cm³/mol. The Bertz CT molecular complexity index is 614. The Kier molecular flexibility index (Phi) is 3.11. The number of halogens is 1. The number of carboxylic acids is 1. The van der Waals surface area contributed by atoms with Gasteiger partial charge in [0.15, 0.2) is 0 Å². The molecule has 1 heterocycles. The fourth-order valence-corrected chi connectivity index (χ4v) is 2.27. The SMILES string of the molecule is Cc1cc2cc(Cl)c(CC(C)(C)C(=O)O)cc2[nH]1. The van der Waals surface area contributed by atoms with Gasteiger partial charge in [-0.1, -0.05) is 11.6 Å². The highest BCUT2D eigenvalue weighted by Crippen LogP contribution is 2.30. The molecule has 4 heteroatoms. The Morgan fingerprint density at radius 1 is 1.39 bits per heavy atom. The molecule has 0 spiro atoms. The van der Waals surface area contributed by atoms with Crippen LogP contribution in [0.15, 0.2) is 18.2 Å². The van der Waals surface area contributed by atoms with Crippen molar-refractivity contribution in [3.8, 4) is 0 Å². The molecule has 0 aliphatic rings. The fraction of sp³-hybridized carbons (Fsp3) is 0.357. The predicted octanol–water partition coefficient (Wildman–Crippen LogP) is 3.78. The van der Waals surface area contributed by atoms with Crippen LogP contribution in [-0.2, 0) is 11.2 Å². The summed E-state index contributed by atoms with van der Waals surface area (Å²) < 4.78 is 0. The summed E-state index contributed by atoms with van der Waals surface area (Å²) >= 11 is 6.22. The second-order valence-electron chi connectivity index (χ2n) is 5.35. The first-order valence-electron chi connectivity index (χ1n) is 5.81. The molecule has 1 aromatic carbocycles. The lowest BCUT2D eigenvalue weighted by Crippen LogP contribution is -2.26. The summed E-state index contributed by atoms with van der Waals surface area (Å²) in [4.78, 5) is 14.4. The number of fused-ring (bicyclic) bond motifs is 1. The summed E-state index contributed by atoms with van der Waals surface area (Å²) in [7, 11) is 0. The van der Waals surface area contributed by atoms with Crippen LogP contribution in [0.25, 0.3) is 10.9 Å². The van der Waals surface area contributed by atoms with Crippen LogP contribution >= 0.6 is 11.6 Å². The third kappa shape index (κ3) is 2.36. The Morgan fingerprint density at radius 3 is 2.67 bits per heavy atom. The Labute approximate surface area is 111 Å². The van der Waals surface area contributed by atoms with Crippen molar-refractivity contribution in [2.75, 3.05) is 0 Å². The van der Waals surface area contributed by atoms with Crippen LogP contribution in [0.4, 0.5) is 0 Å². The van der Waals surface area contributed by atoms with E-state index in [1.165, 1.54) is 0 Å². The molecule has 0 radical (unpaired) electrons. The third-order valence-corrected chi connectivity index (χ3v) is 3.49. The number of rotatable bonds is 3. The summed E-state index contributed by atoms with van der Waals surface area (Å²) in [6.07, 6.45) is 0.412. The second-order valence-corrected chi connectivity index (χ2v) is 5.76. The van der Waals surface area contributed by atoms with Gasteiger partial charge in [-0.3, -0.25) is 4.79 Å². The van der Waals surface area contributed by atoms with E-state index in [-0.39, 0.29) is 0 Å². The number of H-pyrrole nitrogens is 1.